The van der Waals surface area contributed by atoms with Gasteiger partial charge in [-0.2, -0.15) is 0 Å². The van der Waals surface area contributed by atoms with E-state index in [1.165, 1.54) is 11.1 Å². The normalized spacial score (nSPS) is 13.0. The molecule has 5 nitrogen and oxygen atoms in total. The molecule has 0 atom stereocenters. The van der Waals surface area contributed by atoms with Crippen LogP contribution < -0.4 is 5.32 Å². The second kappa shape index (κ2) is 8.51. The summed E-state index contributed by atoms with van der Waals surface area (Å²) in [6, 6.07) is 8.50. The van der Waals surface area contributed by atoms with Crippen molar-refractivity contribution in [3.63, 3.8) is 0 Å². The third kappa shape index (κ3) is 5.82. The maximum Gasteiger partial charge on any atom is 0.193 e. The predicted molar refractivity (Wildman–Crippen MR) is 102 cm³/mol. The summed E-state index contributed by atoms with van der Waals surface area (Å²) >= 11 is 0. The number of aryl methyl sites for hydroxylation is 1. The Morgan fingerprint density at radius 3 is 2.17 bits per heavy atom. The van der Waals surface area contributed by atoms with Crippen LogP contribution in [0.25, 0.3) is 0 Å². The number of nitrogens with zero attached hydrogens (tertiary/aromatic N) is 2. The summed E-state index contributed by atoms with van der Waals surface area (Å²) in [7, 11) is 0.521. The molecule has 136 valence electrons. The molecule has 1 aromatic rings. The van der Waals surface area contributed by atoms with Gasteiger partial charge in [0.2, 0.25) is 0 Å². The van der Waals surface area contributed by atoms with E-state index in [-0.39, 0.29) is 5.75 Å². The Morgan fingerprint density at radius 2 is 1.71 bits per heavy atom. The van der Waals surface area contributed by atoms with E-state index < -0.39 is 14.6 Å². The van der Waals surface area contributed by atoms with E-state index in [1.807, 2.05) is 11.9 Å². The highest BCUT2D eigenvalue weighted by molar-refractivity contribution is 7.92. The summed E-state index contributed by atoms with van der Waals surface area (Å²) in [6.07, 6.45) is 1.03. The molecule has 0 saturated heterocycles. The van der Waals surface area contributed by atoms with Gasteiger partial charge in [0.05, 0.1) is 10.5 Å². The van der Waals surface area contributed by atoms with Gasteiger partial charge < -0.3 is 10.2 Å². The lowest BCUT2D eigenvalue weighted by atomic mass is 10.1. The van der Waals surface area contributed by atoms with Crippen LogP contribution in [0.5, 0.6) is 0 Å². The van der Waals surface area contributed by atoms with Gasteiger partial charge in [0.1, 0.15) is 0 Å². The standard InChI is InChI=1S/C18H31N3O2S/c1-7-15-8-10-16(11-9-15)14-21(6)17(19-5)20-12-13-24(22,23)18(2,3)4/h8-11H,7,12-14H2,1-6H3,(H,19,20). The van der Waals surface area contributed by atoms with Gasteiger partial charge in [-0.1, -0.05) is 31.2 Å². The second-order valence-electron chi connectivity index (χ2n) is 6.93. The van der Waals surface area contributed by atoms with E-state index in [2.05, 4.69) is 41.5 Å². The zero-order valence-electron chi connectivity index (χ0n) is 15.8. The zero-order valence-corrected chi connectivity index (χ0v) is 16.6. The third-order valence-electron chi connectivity index (χ3n) is 4.01. The summed E-state index contributed by atoms with van der Waals surface area (Å²) in [5.41, 5.74) is 2.51. The maximum absolute atomic E-state index is 12.1. The molecule has 0 saturated carbocycles. The van der Waals surface area contributed by atoms with Crippen molar-refractivity contribution in [3.8, 4) is 0 Å². The summed E-state index contributed by atoms with van der Waals surface area (Å²) < 4.78 is 23.6. The minimum Gasteiger partial charge on any atom is -0.355 e. The SMILES string of the molecule is CCc1ccc(CN(C)C(=NC)NCCS(=O)(=O)C(C)(C)C)cc1. The number of benzene rings is 1. The van der Waals surface area contributed by atoms with Crippen LogP contribution in [0, 0.1) is 0 Å². The number of aliphatic imine (C=N–C) groups is 1. The molecule has 0 bridgehead atoms. The van der Waals surface area contributed by atoms with Gasteiger partial charge in [-0.3, -0.25) is 4.99 Å². The van der Waals surface area contributed by atoms with Crippen molar-refractivity contribution in [2.24, 2.45) is 4.99 Å². The number of nitrogens with one attached hydrogen (secondary N) is 1. The Morgan fingerprint density at radius 1 is 1.17 bits per heavy atom. The van der Waals surface area contributed by atoms with Crippen LogP contribution >= 0.6 is 0 Å². The van der Waals surface area contributed by atoms with Crippen LogP contribution in [0.15, 0.2) is 29.3 Å². The lowest BCUT2D eigenvalue weighted by molar-refractivity contribution is 0.478. The number of sulfone groups is 1. The van der Waals surface area contributed by atoms with E-state index >= 15 is 0 Å². The number of hydrogen-bond acceptors (Lipinski definition) is 3. The molecule has 1 aromatic carbocycles. The monoisotopic (exact) mass is 353 g/mol. The number of guanidine groups is 1. The quantitative estimate of drug-likeness (QED) is 0.630. The fourth-order valence-corrected chi connectivity index (χ4v) is 3.20. The molecule has 1 N–H and O–H groups in total. The van der Waals surface area contributed by atoms with Crippen molar-refractivity contribution in [1.82, 2.24) is 10.2 Å². The Balaban J connectivity index is 2.60. The highest BCUT2D eigenvalue weighted by Crippen LogP contribution is 2.15. The van der Waals surface area contributed by atoms with Gasteiger partial charge in [0.25, 0.3) is 0 Å². The molecule has 0 fully saturated rings. The summed E-state index contributed by atoms with van der Waals surface area (Å²) in [6.45, 7) is 8.38. The van der Waals surface area contributed by atoms with Gasteiger partial charge in [-0.15, -0.1) is 0 Å². The van der Waals surface area contributed by atoms with E-state index in [4.69, 9.17) is 0 Å². The summed E-state index contributed by atoms with van der Waals surface area (Å²) in [5.74, 6) is 0.785. The van der Waals surface area contributed by atoms with Crippen molar-refractivity contribution in [3.05, 3.63) is 35.4 Å². The second-order valence-corrected chi connectivity index (χ2v) is 9.79. The smallest absolute Gasteiger partial charge is 0.193 e. The molecule has 0 heterocycles. The first-order chi connectivity index (χ1) is 11.1. The Kier molecular flexibility index (Phi) is 7.27. The lowest BCUT2D eigenvalue weighted by Gasteiger charge is -2.24. The number of rotatable bonds is 6. The predicted octanol–water partition coefficient (Wildman–Crippen LogP) is 2.47. The van der Waals surface area contributed by atoms with Gasteiger partial charge in [-0.25, -0.2) is 8.42 Å². The minimum absolute atomic E-state index is 0.0918. The van der Waals surface area contributed by atoms with Crippen LogP contribution in [-0.4, -0.2) is 50.4 Å². The van der Waals surface area contributed by atoms with Crippen LogP contribution in [0.1, 0.15) is 38.8 Å². The molecular weight excluding hydrogens is 322 g/mol. The first-order valence-electron chi connectivity index (χ1n) is 8.32. The fraction of sp³-hybridized carbons (Fsp3) is 0.611. The van der Waals surface area contributed by atoms with Crippen molar-refractivity contribution in [2.45, 2.75) is 45.4 Å². The van der Waals surface area contributed by atoms with E-state index in [0.717, 1.165) is 13.0 Å². The molecule has 0 amide bonds. The van der Waals surface area contributed by atoms with Crippen LogP contribution in [-0.2, 0) is 22.8 Å². The fourth-order valence-electron chi connectivity index (χ4n) is 2.22. The van der Waals surface area contributed by atoms with Crippen LogP contribution in [0.4, 0.5) is 0 Å². The Hall–Kier alpha value is -1.56. The highest BCUT2D eigenvalue weighted by Gasteiger charge is 2.28. The van der Waals surface area contributed by atoms with Gasteiger partial charge in [0, 0.05) is 27.2 Å². The van der Waals surface area contributed by atoms with Gasteiger partial charge in [0.15, 0.2) is 15.8 Å². The maximum atomic E-state index is 12.1. The number of hydrogen-bond donors (Lipinski definition) is 1. The Bertz CT molecular complexity index is 644. The summed E-state index contributed by atoms with van der Waals surface area (Å²) in [4.78, 5) is 6.23. The zero-order chi connectivity index (χ0) is 18.4. The average molecular weight is 354 g/mol. The molecule has 0 aliphatic heterocycles. The molecule has 0 radical (unpaired) electrons. The molecule has 0 aliphatic rings. The molecule has 6 heteroatoms. The van der Waals surface area contributed by atoms with Gasteiger partial charge in [-0.05, 0) is 38.3 Å². The van der Waals surface area contributed by atoms with Crippen molar-refractivity contribution < 1.29 is 8.42 Å². The lowest BCUT2D eigenvalue weighted by Crippen LogP contribution is -2.42. The molecule has 0 aromatic heterocycles. The Labute approximate surface area is 147 Å². The van der Waals surface area contributed by atoms with Crippen molar-refractivity contribution in [1.29, 1.82) is 0 Å². The van der Waals surface area contributed by atoms with Crippen molar-refractivity contribution in [2.75, 3.05) is 26.4 Å². The molecule has 24 heavy (non-hydrogen) atoms. The van der Waals surface area contributed by atoms with E-state index in [1.54, 1.807) is 27.8 Å². The van der Waals surface area contributed by atoms with Crippen molar-refractivity contribution >= 4 is 15.8 Å². The molecule has 0 aliphatic carbocycles. The average Bonchev–Trinajstić information content (AvgIpc) is 2.51. The molecule has 0 spiro atoms. The highest BCUT2D eigenvalue weighted by atomic mass is 32.2. The van der Waals surface area contributed by atoms with Crippen LogP contribution in [0.2, 0.25) is 0 Å². The van der Waals surface area contributed by atoms with Gasteiger partial charge >= 0.3 is 0 Å². The molecular formula is C18H31N3O2S. The minimum atomic E-state index is -3.13. The first kappa shape index (κ1) is 20.5. The van der Waals surface area contributed by atoms with Crippen LogP contribution in [0.3, 0.4) is 0 Å². The van der Waals surface area contributed by atoms with E-state index in [9.17, 15) is 8.42 Å². The largest absolute Gasteiger partial charge is 0.355 e. The van der Waals surface area contributed by atoms with E-state index in [0.29, 0.717) is 12.5 Å². The topological polar surface area (TPSA) is 61.8 Å². The third-order valence-corrected chi connectivity index (χ3v) is 6.62. The molecule has 1 rings (SSSR count). The summed E-state index contributed by atoms with van der Waals surface area (Å²) in [5, 5.41) is 3.14. The molecule has 0 unspecified atom stereocenters. The first-order valence-corrected chi connectivity index (χ1v) is 9.98.